The highest BCUT2D eigenvalue weighted by molar-refractivity contribution is 7.90. The third kappa shape index (κ3) is 3.63. The van der Waals surface area contributed by atoms with Crippen molar-refractivity contribution >= 4 is 21.6 Å². The largest absolute Gasteiger partial charge is 0.248 e. The third-order valence-corrected chi connectivity index (χ3v) is 5.53. The molecule has 22 heavy (non-hydrogen) atoms. The SMILES string of the molecule is O=S(=O)(NCc1cn(Cc2ccc(Cl)c(F)c2)nn1)C1CC1. The summed E-state index contributed by atoms with van der Waals surface area (Å²) < 4.78 is 40.8. The summed E-state index contributed by atoms with van der Waals surface area (Å²) >= 11 is 5.63. The van der Waals surface area contributed by atoms with Gasteiger partial charge in [-0.15, -0.1) is 5.10 Å². The molecule has 0 amide bonds. The molecule has 1 heterocycles. The van der Waals surface area contributed by atoms with Crippen molar-refractivity contribution in [1.29, 1.82) is 0 Å². The molecule has 1 aromatic carbocycles. The molecule has 0 aliphatic heterocycles. The maximum absolute atomic E-state index is 13.4. The predicted octanol–water partition coefficient (Wildman–Crippen LogP) is 1.70. The normalized spacial score (nSPS) is 15.2. The average Bonchev–Trinajstić information content (AvgIpc) is 3.24. The molecular weight excluding hydrogens is 331 g/mol. The van der Waals surface area contributed by atoms with Gasteiger partial charge in [0.1, 0.15) is 5.82 Å². The lowest BCUT2D eigenvalue weighted by atomic mass is 10.2. The number of aromatic nitrogens is 3. The monoisotopic (exact) mass is 344 g/mol. The summed E-state index contributed by atoms with van der Waals surface area (Å²) in [7, 11) is -3.24. The Balaban J connectivity index is 1.62. The van der Waals surface area contributed by atoms with Gasteiger partial charge in [-0.25, -0.2) is 22.2 Å². The van der Waals surface area contributed by atoms with Crippen LogP contribution in [0.4, 0.5) is 4.39 Å². The first-order valence-electron chi connectivity index (χ1n) is 6.75. The summed E-state index contributed by atoms with van der Waals surface area (Å²) in [6.07, 6.45) is 3.05. The van der Waals surface area contributed by atoms with Crippen molar-refractivity contribution in [3.63, 3.8) is 0 Å². The highest BCUT2D eigenvalue weighted by atomic mass is 35.5. The van der Waals surface area contributed by atoms with Crippen molar-refractivity contribution in [2.24, 2.45) is 0 Å². The zero-order valence-corrected chi connectivity index (χ0v) is 13.1. The van der Waals surface area contributed by atoms with E-state index in [4.69, 9.17) is 11.6 Å². The van der Waals surface area contributed by atoms with E-state index >= 15 is 0 Å². The molecule has 0 radical (unpaired) electrons. The molecule has 118 valence electrons. The number of nitrogens with zero attached hydrogens (tertiary/aromatic N) is 3. The molecule has 1 aromatic heterocycles. The van der Waals surface area contributed by atoms with Crippen molar-refractivity contribution in [2.75, 3.05) is 0 Å². The minimum absolute atomic E-state index is 0.0671. The Morgan fingerprint density at radius 1 is 1.41 bits per heavy atom. The number of hydrogen-bond donors (Lipinski definition) is 1. The Labute approximate surface area is 132 Å². The van der Waals surface area contributed by atoms with Crippen molar-refractivity contribution < 1.29 is 12.8 Å². The van der Waals surface area contributed by atoms with Gasteiger partial charge in [-0.2, -0.15) is 0 Å². The Bertz CT molecular complexity index is 789. The number of nitrogens with one attached hydrogen (secondary N) is 1. The molecule has 1 aliphatic carbocycles. The van der Waals surface area contributed by atoms with Crippen LogP contribution >= 0.6 is 11.6 Å². The van der Waals surface area contributed by atoms with E-state index in [0.29, 0.717) is 30.6 Å². The zero-order valence-electron chi connectivity index (χ0n) is 11.5. The first-order valence-corrected chi connectivity index (χ1v) is 8.68. The molecule has 9 heteroatoms. The van der Waals surface area contributed by atoms with Gasteiger partial charge in [-0.3, -0.25) is 0 Å². The zero-order chi connectivity index (χ0) is 15.7. The van der Waals surface area contributed by atoms with Crippen LogP contribution in [0.3, 0.4) is 0 Å². The molecule has 0 bridgehead atoms. The second-order valence-corrected chi connectivity index (χ2v) is 7.67. The van der Waals surface area contributed by atoms with E-state index in [9.17, 15) is 12.8 Å². The van der Waals surface area contributed by atoms with Crippen LogP contribution in [0.1, 0.15) is 24.1 Å². The fraction of sp³-hybridized carbons (Fsp3) is 0.385. The summed E-state index contributed by atoms with van der Waals surface area (Å²) in [5.41, 5.74) is 1.20. The van der Waals surface area contributed by atoms with Gasteiger partial charge < -0.3 is 0 Å². The maximum Gasteiger partial charge on any atom is 0.214 e. The lowest BCUT2D eigenvalue weighted by Crippen LogP contribution is -2.26. The average molecular weight is 345 g/mol. The van der Waals surface area contributed by atoms with E-state index in [1.165, 1.54) is 16.8 Å². The van der Waals surface area contributed by atoms with Crippen LogP contribution in [0.2, 0.25) is 5.02 Å². The molecule has 3 rings (SSSR count). The van der Waals surface area contributed by atoms with E-state index in [0.717, 1.165) is 0 Å². The molecule has 1 N–H and O–H groups in total. The predicted molar refractivity (Wildman–Crippen MR) is 79.3 cm³/mol. The molecular formula is C13H14ClFN4O2S. The number of halogens is 2. The number of hydrogen-bond acceptors (Lipinski definition) is 4. The van der Waals surface area contributed by atoms with Crippen LogP contribution in [0.15, 0.2) is 24.4 Å². The third-order valence-electron chi connectivity index (χ3n) is 3.33. The Morgan fingerprint density at radius 3 is 2.86 bits per heavy atom. The smallest absolute Gasteiger partial charge is 0.214 e. The fourth-order valence-electron chi connectivity index (χ4n) is 1.99. The molecule has 6 nitrogen and oxygen atoms in total. The molecule has 1 aliphatic rings. The van der Waals surface area contributed by atoms with Crippen LogP contribution in [0.5, 0.6) is 0 Å². The van der Waals surface area contributed by atoms with Crippen LogP contribution in [-0.2, 0) is 23.1 Å². The lowest BCUT2D eigenvalue weighted by molar-refractivity contribution is 0.579. The van der Waals surface area contributed by atoms with E-state index in [1.807, 2.05) is 0 Å². The van der Waals surface area contributed by atoms with E-state index in [1.54, 1.807) is 12.3 Å². The Kier molecular flexibility index (Phi) is 4.16. The minimum atomic E-state index is -3.24. The van der Waals surface area contributed by atoms with Gasteiger partial charge in [0.25, 0.3) is 0 Å². The number of rotatable bonds is 6. The maximum atomic E-state index is 13.4. The lowest BCUT2D eigenvalue weighted by Gasteiger charge is -2.03. The second-order valence-electron chi connectivity index (χ2n) is 5.22. The topological polar surface area (TPSA) is 76.9 Å². The molecule has 1 saturated carbocycles. The molecule has 0 spiro atoms. The Morgan fingerprint density at radius 2 is 2.18 bits per heavy atom. The van der Waals surface area contributed by atoms with Crippen molar-refractivity contribution in [2.45, 2.75) is 31.2 Å². The van der Waals surface area contributed by atoms with Crippen LogP contribution in [-0.4, -0.2) is 28.7 Å². The minimum Gasteiger partial charge on any atom is -0.248 e. The molecule has 2 aromatic rings. The van der Waals surface area contributed by atoms with E-state index in [2.05, 4.69) is 15.0 Å². The van der Waals surface area contributed by atoms with Crippen molar-refractivity contribution in [1.82, 2.24) is 19.7 Å². The van der Waals surface area contributed by atoms with Gasteiger partial charge in [0.05, 0.1) is 35.3 Å². The molecule has 0 unspecified atom stereocenters. The van der Waals surface area contributed by atoms with Crippen molar-refractivity contribution in [3.05, 3.63) is 46.5 Å². The Hall–Kier alpha value is -1.51. The van der Waals surface area contributed by atoms with Crippen LogP contribution in [0, 0.1) is 5.82 Å². The summed E-state index contributed by atoms with van der Waals surface area (Å²) in [4.78, 5) is 0. The van der Waals surface area contributed by atoms with Crippen LogP contribution in [0.25, 0.3) is 0 Å². The van der Waals surface area contributed by atoms with Gasteiger partial charge >= 0.3 is 0 Å². The first kappa shape index (κ1) is 15.4. The van der Waals surface area contributed by atoms with Crippen LogP contribution < -0.4 is 4.72 Å². The number of benzene rings is 1. The van der Waals surface area contributed by atoms with Gasteiger partial charge in [0, 0.05) is 0 Å². The standard InChI is InChI=1S/C13H14ClFN4O2S/c14-12-4-1-9(5-13(12)15)7-19-8-10(17-18-19)6-16-22(20,21)11-2-3-11/h1,4-5,8,11,16H,2-3,6-7H2. The van der Waals surface area contributed by atoms with Gasteiger partial charge in [0.15, 0.2) is 0 Å². The highest BCUT2D eigenvalue weighted by Crippen LogP contribution is 2.27. The molecule has 0 atom stereocenters. The van der Waals surface area contributed by atoms with E-state index < -0.39 is 15.8 Å². The highest BCUT2D eigenvalue weighted by Gasteiger charge is 2.35. The summed E-state index contributed by atoms with van der Waals surface area (Å²) in [5.74, 6) is -0.489. The molecule has 1 fully saturated rings. The molecule has 0 saturated heterocycles. The fourth-order valence-corrected chi connectivity index (χ4v) is 3.45. The summed E-state index contributed by atoms with van der Waals surface area (Å²) in [6.45, 7) is 0.435. The quantitative estimate of drug-likeness (QED) is 0.865. The van der Waals surface area contributed by atoms with Gasteiger partial charge in [-0.1, -0.05) is 22.9 Å². The first-order chi connectivity index (χ1) is 10.4. The summed E-state index contributed by atoms with van der Waals surface area (Å²) in [6, 6.07) is 4.51. The second kappa shape index (κ2) is 5.94. The van der Waals surface area contributed by atoms with Crippen molar-refractivity contribution in [3.8, 4) is 0 Å². The van der Waals surface area contributed by atoms with Gasteiger partial charge in [-0.05, 0) is 30.5 Å². The van der Waals surface area contributed by atoms with E-state index in [-0.39, 0.29) is 16.8 Å². The van der Waals surface area contributed by atoms with Gasteiger partial charge in [0.2, 0.25) is 10.0 Å². The number of sulfonamides is 1. The summed E-state index contributed by atoms with van der Waals surface area (Å²) in [5, 5.41) is 7.61.